The predicted molar refractivity (Wildman–Crippen MR) is 129 cm³/mol. The van der Waals surface area contributed by atoms with E-state index in [4.69, 9.17) is 4.74 Å². The summed E-state index contributed by atoms with van der Waals surface area (Å²) in [5.74, 6) is 0.00629. The van der Waals surface area contributed by atoms with E-state index in [0.29, 0.717) is 19.0 Å². The molecule has 9 heteroatoms. The molecule has 1 fully saturated rings. The molecule has 188 valence electrons. The summed E-state index contributed by atoms with van der Waals surface area (Å²) in [6, 6.07) is 14.0. The molecule has 0 bridgehead atoms. The molecule has 4 rings (SSSR count). The van der Waals surface area contributed by atoms with E-state index in [9.17, 15) is 22.7 Å². The average Bonchev–Trinajstić information content (AvgIpc) is 2.86. The van der Waals surface area contributed by atoms with Crippen LogP contribution in [0.5, 0.6) is 0 Å². The van der Waals surface area contributed by atoms with Gasteiger partial charge in [0.1, 0.15) is 11.9 Å². The van der Waals surface area contributed by atoms with Gasteiger partial charge < -0.3 is 14.7 Å². The van der Waals surface area contributed by atoms with Gasteiger partial charge in [-0.2, -0.15) is 0 Å². The van der Waals surface area contributed by atoms with E-state index in [1.54, 1.807) is 12.2 Å². The Labute approximate surface area is 205 Å². The maximum atomic E-state index is 13.1. The molecule has 7 nitrogen and oxygen atoms in total. The third-order valence-electron chi connectivity index (χ3n) is 6.59. The van der Waals surface area contributed by atoms with E-state index >= 15 is 0 Å². The van der Waals surface area contributed by atoms with Gasteiger partial charge in [-0.15, -0.1) is 0 Å². The van der Waals surface area contributed by atoms with Crippen molar-refractivity contribution in [3.8, 4) is 0 Å². The van der Waals surface area contributed by atoms with Gasteiger partial charge in [0.25, 0.3) is 0 Å². The van der Waals surface area contributed by atoms with E-state index in [1.807, 2.05) is 23.1 Å². The lowest BCUT2D eigenvalue weighted by atomic mass is 9.90. The molecule has 35 heavy (non-hydrogen) atoms. The lowest BCUT2D eigenvalue weighted by molar-refractivity contribution is -0.136. The number of sulfonamides is 1. The zero-order chi connectivity index (χ0) is 24.8. The lowest BCUT2D eigenvalue weighted by Crippen LogP contribution is -2.49. The third kappa shape index (κ3) is 6.76. The van der Waals surface area contributed by atoms with Gasteiger partial charge in [-0.05, 0) is 55.0 Å². The van der Waals surface area contributed by atoms with Crippen molar-refractivity contribution in [3.05, 3.63) is 78.1 Å². The molecule has 1 amide bonds. The number of piperidine rings is 1. The molecule has 2 N–H and O–H groups in total. The highest BCUT2D eigenvalue weighted by atomic mass is 32.2. The molecule has 0 aromatic heterocycles. The molecule has 0 saturated carbocycles. The number of aliphatic hydroxyl groups excluding tert-OH is 1. The molecule has 0 spiro atoms. The van der Waals surface area contributed by atoms with Crippen LogP contribution in [0.3, 0.4) is 0 Å². The number of rotatable bonds is 8. The number of amides is 1. The van der Waals surface area contributed by atoms with Crippen molar-refractivity contribution < 1.29 is 27.4 Å². The number of benzene rings is 2. The highest BCUT2D eigenvalue weighted by Gasteiger charge is 2.32. The van der Waals surface area contributed by atoms with Gasteiger partial charge in [-0.25, -0.2) is 17.5 Å². The number of ether oxygens (including phenoxy) is 1. The first kappa shape index (κ1) is 25.5. The number of nitrogens with zero attached hydrogens (tertiary/aromatic N) is 1. The van der Waals surface area contributed by atoms with E-state index in [-0.39, 0.29) is 17.2 Å². The highest BCUT2D eigenvalue weighted by molar-refractivity contribution is 7.89. The molecule has 2 heterocycles. The normalized spacial score (nSPS) is 23.4. The van der Waals surface area contributed by atoms with Crippen LogP contribution in [0.4, 0.5) is 4.39 Å². The predicted octanol–water partition coefficient (Wildman–Crippen LogP) is 2.66. The lowest BCUT2D eigenvalue weighted by Gasteiger charge is -2.35. The van der Waals surface area contributed by atoms with E-state index in [1.165, 1.54) is 17.7 Å². The fourth-order valence-electron chi connectivity index (χ4n) is 4.61. The van der Waals surface area contributed by atoms with Crippen LogP contribution in [0.15, 0.2) is 71.6 Å². The van der Waals surface area contributed by atoms with E-state index in [2.05, 4.69) is 16.9 Å². The summed E-state index contributed by atoms with van der Waals surface area (Å²) in [4.78, 5) is 14.6. The van der Waals surface area contributed by atoms with Crippen LogP contribution < -0.4 is 4.72 Å². The molecule has 0 radical (unpaired) electrons. The van der Waals surface area contributed by atoms with Crippen LogP contribution in [-0.2, 0) is 26.0 Å². The Hall–Kier alpha value is -2.59. The standard InChI is InChI=1S/C26H31FN2O5S/c27-21-6-9-23(10-7-21)35(32,33)28-24-11-8-22(34-25(24)18-30)17-26(31)29-14-12-20(13-15-29)16-19-4-2-1-3-5-19/h1-11,20,22,24-25,28,30H,12-18H2/t22-,24-,25+/m1/s1. The summed E-state index contributed by atoms with van der Waals surface area (Å²) in [7, 11) is -3.94. The van der Waals surface area contributed by atoms with Crippen LogP contribution in [0.1, 0.15) is 24.8 Å². The van der Waals surface area contributed by atoms with Crippen molar-refractivity contribution in [1.82, 2.24) is 9.62 Å². The van der Waals surface area contributed by atoms with E-state index < -0.39 is 40.7 Å². The van der Waals surface area contributed by atoms with Crippen molar-refractivity contribution in [1.29, 1.82) is 0 Å². The topological polar surface area (TPSA) is 95.9 Å². The minimum absolute atomic E-state index is 0.0140. The average molecular weight is 503 g/mol. The Kier molecular flexibility index (Phi) is 8.33. The van der Waals surface area contributed by atoms with E-state index in [0.717, 1.165) is 31.4 Å². The largest absolute Gasteiger partial charge is 0.394 e. The van der Waals surface area contributed by atoms with Crippen LogP contribution in [0.25, 0.3) is 0 Å². The maximum absolute atomic E-state index is 13.1. The Morgan fingerprint density at radius 1 is 1.06 bits per heavy atom. The number of carbonyl (C=O) groups is 1. The maximum Gasteiger partial charge on any atom is 0.241 e. The Balaban J connectivity index is 1.29. The van der Waals surface area contributed by atoms with Crippen LogP contribution >= 0.6 is 0 Å². The summed E-state index contributed by atoms with van der Waals surface area (Å²) in [5, 5.41) is 9.78. The molecule has 0 aliphatic carbocycles. The fraction of sp³-hybridized carbons (Fsp3) is 0.423. The van der Waals surface area contributed by atoms with Gasteiger partial charge in [0, 0.05) is 13.1 Å². The number of carbonyl (C=O) groups excluding carboxylic acids is 1. The first-order valence-electron chi connectivity index (χ1n) is 11.9. The summed E-state index contributed by atoms with van der Waals surface area (Å²) < 4.78 is 46.7. The monoisotopic (exact) mass is 502 g/mol. The number of hydrogen-bond donors (Lipinski definition) is 2. The van der Waals surface area contributed by atoms with Crippen LogP contribution in [-0.4, -0.2) is 62.3 Å². The van der Waals surface area contributed by atoms with Gasteiger partial charge in [0.05, 0.1) is 30.1 Å². The van der Waals surface area contributed by atoms with Gasteiger partial charge in [0.2, 0.25) is 15.9 Å². The Morgan fingerprint density at radius 3 is 2.40 bits per heavy atom. The second kappa shape index (κ2) is 11.4. The summed E-state index contributed by atoms with van der Waals surface area (Å²) in [5.41, 5.74) is 1.32. The molecular weight excluding hydrogens is 471 g/mol. The fourth-order valence-corrected chi connectivity index (χ4v) is 5.83. The molecular formula is C26H31FN2O5S. The molecule has 2 aromatic rings. The second-order valence-corrected chi connectivity index (χ2v) is 10.8. The highest BCUT2D eigenvalue weighted by Crippen LogP contribution is 2.24. The Morgan fingerprint density at radius 2 is 1.74 bits per heavy atom. The molecule has 2 aromatic carbocycles. The van der Waals surface area contributed by atoms with Gasteiger partial charge in [-0.3, -0.25) is 4.79 Å². The quantitative estimate of drug-likeness (QED) is 0.541. The van der Waals surface area contributed by atoms with Crippen LogP contribution in [0, 0.1) is 11.7 Å². The zero-order valence-corrected chi connectivity index (χ0v) is 20.2. The molecule has 0 unspecified atom stereocenters. The van der Waals surface area contributed by atoms with Gasteiger partial charge in [-0.1, -0.05) is 42.5 Å². The number of likely N-dealkylation sites (tertiary alicyclic amines) is 1. The number of aliphatic hydroxyl groups is 1. The minimum Gasteiger partial charge on any atom is -0.394 e. The van der Waals surface area contributed by atoms with Crippen molar-refractivity contribution in [2.75, 3.05) is 19.7 Å². The second-order valence-electron chi connectivity index (χ2n) is 9.10. The summed E-state index contributed by atoms with van der Waals surface area (Å²) in [6.45, 7) is 0.989. The first-order valence-corrected chi connectivity index (χ1v) is 13.4. The third-order valence-corrected chi connectivity index (χ3v) is 8.06. The van der Waals surface area contributed by atoms with Crippen molar-refractivity contribution in [2.24, 2.45) is 5.92 Å². The number of halogens is 1. The van der Waals surface area contributed by atoms with Crippen molar-refractivity contribution in [3.63, 3.8) is 0 Å². The number of hydrogen-bond acceptors (Lipinski definition) is 5. The van der Waals surface area contributed by atoms with Crippen molar-refractivity contribution in [2.45, 2.75) is 48.8 Å². The zero-order valence-electron chi connectivity index (χ0n) is 19.4. The minimum atomic E-state index is -3.94. The molecule has 2 aliphatic rings. The molecule has 2 aliphatic heterocycles. The van der Waals surface area contributed by atoms with Gasteiger partial charge in [0.15, 0.2) is 0 Å². The summed E-state index contributed by atoms with van der Waals surface area (Å²) in [6.07, 6.45) is 4.93. The summed E-state index contributed by atoms with van der Waals surface area (Å²) >= 11 is 0. The van der Waals surface area contributed by atoms with Gasteiger partial charge >= 0.3 is 0 Å². The molecule has 1 saturated heterocycles. The smallest absolute Gasteiger partial charge is 0.241 e. The SMILES string of the molecule is O=C(C[C@H]1C=C[C@@H](NS(=O)(=O)c2ccc(F)cc2)[C@H](CO)O1)N1CCC(Cc2ccccc2)CC1. The number of nitrogens with one attached hydrogen (secondary N) is 1. The van der Waals surface area contributed by atoms with Crippen LogP contribution in [0.2, 0.25) is 0 Å². The first-order chi connectivity index (χ1) is 16.8. The molecule has 3 atom stereocenters. The van der Waals surface area contributed by atoms with Crippen molar-refractivity contribution >= 4 is 15.9 Å². The Bertz CT molecular complexity index is 1120.